The Morgan fingerprint density at radius 2 is 1.72 bits per heavy atom. The van der Waals surface area contributed by atoms with Crippen LogP contribution in [-0.2, 0) is 4.84 Å². The van der Waals surface area contributed by atoms with Gasteiger partial charge in [-0.3, -0.25) is 4.84 Å². The van der Waals surface area contributed by atoms with Crippen molar-refractivity contribution in [3.63, 3.8) is 0 Å². The molecule has 1 saturated heterocycles. The lowest BCUT2D eigenvalue weighted by Gasteiger charge is -2.62. The molecule has 4 nitrogen and oxygen atoms in total. The second-order valence-electron chi connectivity index (χ2n) is 14.3. The molecule has 0 amide bonds. The standard InChI is InChI=1S/C31H55ClN2O2/c1-4-23-20-25-27-11-10-24(8-7-19-36-33-34-17-15-31(21-32,22-35)16-18-34)29(27,2)14-12-28(25)30(3)13-6-5-9-26(23)30/h23-28,33,35H,4-22H2,1-3H3/t23-,24?,25?,26?,27?,28?,29?,30?/m0/s1. The van der Waals surface area contributed by atoms with E-state index < -0.39 is 0 Å². The summed E-state index contributed by atoms with van der Waals surface area (Å²) in [6, 6.07) is 0. The quantitative estimate of drug-likeness (QED) is 0.191. The van der Waals surface area contributed by atoms with Crippen LogP contribution in [0.2, 0.25) is 0 Å². The number of piperidine rings is 1. The fourth-order valence-electron chi connectivity index (χ4n) is 10.5. The van der Waals surface area contributed by atoms with Crippen LogP contribution in [0.3, 0.4) is 0 Å². The van der Waals surface area contributed by atoms with Crippen LogP contribution in [0.1, 0.15) is 111 Å². The van der Waals surface area contributed by atoms with Crippen LogP contribution < -0.4 is 5.59 Å². The molecule has 208 valence electrons. The molecule has 8 atom stereocenters. The SMILES string of the molecule is CC[C@H]1CC2C3CCC(CCCONN4CCC(CO)(CCl)CC4)C3(C)CCC2C2(C)CCCCC12. The molecule has 5 aliphatic rings. The summed E-state index contributed by atoms with van der Waals surface area (Å²) in [6.45, 7) is 10.7. The normalized spacial score (nSPS) is 44.6. The number of hydrogen-bond donors (Lipinski definition) is 2. The molecule has 5 fully saturated rings. The molecule has 5 heteroatoms. The molecule has 2 N–H and O–H groups in total. The van der Waals surface area contributed by atoms with E-state index in [-0.39, 0.29) is 12.0 Å². The molecule has 4 aliphatic carbocycles. The van der Waals surface area contributed by atoms with Crippen molar-refractivity contribution in [2.75, 3.05) is 32.2 Å². The van der Waals surface area contributed by atoms with E-state index in [0.717, 1.165) is 74.5 Å². The van der Waals surface area contributed by atoms with E-state index in [4.69, 9.17) is 16.4 Å². The van der Waals surface area contributed by atoms with Gasteiger partial charge < -0.3 is 5.11 Å². The van der Waals surface area contributed by atoms with Gasteiger partial charge in [0.15, 0.2) is 0 Å². The Bertz CT molecular complexity index is 721. The second kappa shape index (κ2) is 11.3. The van der Waals surface area contributed by atoms with Crippen LogP contribution in [0.15, 0.2) is 0 Å². The van der Waals surface area contributed by atoms with Gasteiger partial charge in [-0.2, -0.15) is 0 Å². The summed E-state index contributed by atoms with van der Waals surface area (Å²) in [6.07, 6.45) is 19.2. The highest BCUT2D eigenvalue weighted by Crippen LogP contribution is 2.69. The summed E-state index contributed by atoms with van der Waals surface area (Å²) in [5.41, 5.74) is 4.28. The highest BCUT2D eigenvalue weighted by Gasteiger charge is 2.60. The van der Waals surface area contributed by atoms with Crippen molar-refractivity contribution in [2.24, 2.45) is 51.8 Å². The number of alkyl halides is 1. The van der Waals surface area contributed by atoms with Gasteiger partial charge in [-0.05, 0) is 117 Å². The molecule has 0 aromatic rings. The Labute approximate surface area is 226 Å². The second-order valence-corrected chi connectivity index (χ2v) is 14.6. The molecule has 7 unspecified atom stereocenters. The van der Waals surface area contributed by atoms with E-state index in [9.17, 15) is 5.11 Å². The smallest absolute Gasteiger partial charge is 0.0698 e. The Morgan fingerprint density at radius 3 is 2.44 bits per heavy atom. The van der Waals surface area contributed by atoms with Crippen LogP contribution in [0.4, 0.5) is 0 Å². The fourth-order valence-corrected chi connectivity index (χ4v) is 10.9. The lowest BCUT2D eigenvalue weighted by molar-refractivity contribution is -0.136. The van der Waals surface area contributed by atoms with Gasteiger partial charge in [0.25, 0.3) is 0 Å². The van der Waals surface area contributed by atoms with Gasteiger partial charge in [0.2, 0.25) is 0 Å². The average molecular weight is 523 g/mol. The van der Waals surface area contributed by atoms with Gasteiger partial charge in [0.1, 0.15) is 0 Å². The number of hydrogen-bond acceptors (Lipinski definition) is 4. The number of nitrogens with zero attached hydrogens (tertiary/aromatic N) is 1. The van der Waals surface area contributed by atoms with E-state index >= 15 is 0 Å². The van der Waals surface area contributed by atoms with Crippen LogP contribution in [0.25, 0.3) is 0 Å². The van der Waals surface area contributed by atoms with Crippen LogP contribution in [-0.4, -0.2) is 42.3 Å². The first-order chi connectivity index (χ1) is 17.4. The van der Waals surface area contributed by atoms with Crippen molar-refractivity contribution < 1.29 is 9.94 Å². The molecule has 0 spiro atoms. The molecule has 1 aliphatic heterocycles. The molecule has 0 radical (unpaired) electrons. The Kier molecular flexibility index (Phi) is 8.70. The van der Waals surface area contributed by atoms with Crippen molar-refractivity contribution in [3.05, 3.63) is 0 Å². The van der Waals surface area contributed by atoms with Crippen molar-refractivity contribution in [1.82, 2.24) is 10.6 Å². The molecule has 36 heavy (non-hydrogen) atoms. The van der Waals surface area contributed by atoms with Crippen molar-refractivity contribution in [2.45, 2.75) is 111 Å². The minimum Gasteiger partial charge on any atom is -0.396 e. The van der Waals surface area contributed by atoms with Crippen molar-refractivity contribution >= 4 is 11.6 Å². The van der Waals surface area contributed by atoms with E-state index in [1.165, 1.54) is 64.2 Å². The summed E-state index contributed by atoms with van der Waals surface area (Å²) in [5, 5.41) is 11.8. The molecular weight excluding hydrogens is 468 g/mol. The van der Waals surface area contributed by atoms with Crippen LogP contribution in [0.5, 0.6) is 0 Å². The average Bonchev–Trinajstić information content (AvgIpc) is 3.24. The summed E-state index contributed by atoms with van der Waals surface area (Å²) in [4.78, 5) is 5.90. The topological polar surface area (TPSA) is 44.7 Å². The zero-order valence-corrected chi connectivity index (χ0v) is 24.3. The molecule has 0 aromatic carbocycles. The third-order valence-electron chi connectivity index (χ3n) is 12.9. The molecule has 4 saturated carbocycles. The summed E-state index contributed by atoms with van der Waals surface area (Å²) in [7, 11) is 0. The molecule has 5 rings (SSSR count). The fraction of sp³-hybridized carbons (Fsp3) is 1.00. The molecule has 0 bridgehead atoms. The Morgan fingerprint density at radius 1 is 0.944 bits per heavy atom. The first kappa shape index (κ1) is 27.7. The predicted octanol–water partition coefficient (Wildman–Crippen LogP) is 7.20. The number of hydrazine groups is 1. The number of rotatable bonds is 9. The highest BCUT2D eigenvalue weighted by atomic mass is 35.5. The minimum absolute atomic E-state index is 0.0992. The summed E-state index contributed by atoms with van der Waals surface area (Å²) in [5.74, 6) is 6.39. The zero-order valence-electron chi connectivity index (χ0n) is 23.6. The van der Waals surface area contributed by atoms with Gasteiger partial charge in [-0.25, -0.2) is 5.01 Å². The third kappa shape index (κ3) is 4.93. The maximum atomic E-state index is 9.68. The highest BCUT2D eigenvalue weighted by molar-refractivity contribution is 6.18. The lowest BCUT2D eigenvalue weighted by Crippen LogP contribution is -2.55. The van der Waals surface area contributed by atoms with E-state index in [2.05, 4.69) is 31.4 Å². The maximum Gasteiger partial charge on any atom is 0.0698 e. The van der Waals surface area contributed by atoms with Gasteiger partial charge in [0.05, 0.1) is 6.61 Å². The monoisotopic (exact) mass is 522 g/mol. The largest absolute Gasteiger partial charge is 0.396 e. The first-order valence-electron chi connectivity index (χ1n) is 15.7. The van der Waals surface area contributed by atoms with Gasteiger partial charge in [-0.1, -0.05) is 40.0 Å². The van der Waals surface area contributed by atoms with E-state index in [1.54, 1.807) is 6.42 Å². The minimum atomic E-state index is -0.0992. The number of nitrogens with one attached hydrogen (secondary N) is 1. The number of aliphatic hydroxyl groups excluding tert-OH is 1. The number of aliphatic hydroxyl groups is 1. The number of halogens is 1. The van der Waals surface area contributed by atoms with Crippen molar-refractivity contribution in [1.29, 1.82) is 0 Å². The number of fused-ring (bicyclic) bond motifs is 5. The van der Waals surface area contributed by atoms with Gasteiger partial charge >= 0.3 is 0 Å². The van der Waals surface area contributed by atoms with Crippen molar-refractivity contribution in [3.8, 4) is 0 Å². The Balaban J connectivity index is 1.11. The molecular formula is C31H55ClN2O2. The van der Waals surface area contributed by atoms with E-state index in [1.807, 2.05) is 0 Å². The first-order valence-corrected chi connectivity index (χ1v) is 16.2. The molecule has 1 heterocycles. The van der Waals surface area contributed by atoms with Gasteiger partial charge in [-0.15, -0.1) is 17.2 Å². The Hall–Kier alpha value is 0.130. The third-order valence-corrected chi connectivity index (χ3v) is 13.5. The lowest BCUT2D eigenvalue weighted by atomic mass is 9.42. The van der Waals surface area contributed by atoms with Crippen LogP contribution >= 0.6 is 11.6 Å². The predicted molar refractivity (Wildman–Crippen MR) is 148 cm³/mol. The molecule has 0 aromatic heterocycles. The maximum absolute atomic E-state index is 9.68. The zero-order chi connectivity index (χ0) is 25.4. The van der Waals surface area contributed by atoms with E-state index in [0.29, 0.717) is 16.7 Å². The van der Waals surface area contributed by atoms with Crippen LogP contribution in [0, 0.1) is 51.8 Å². The van der Waals surface area contributed by atoms with Gasteiger partial charge in [0, 0.05) is 31.0 Å². The summed E-state index contributed by atoms with van der Waals surface area (Å²) < 4.78 is 0. The summed E-state index contributed by atoms with van der Waals surface area (Å²) >= 11 is 6.11.